The Hall–Kier alpha value is -2.73. The Morgan fingerprint density at radius 2 is 2.11 bits per heavy atom. The van der Waals surface area contributed by atoms with Crippen LogP contribution in [0.5, 0.6) is 0 Å². The highest BCUT2D eigenvalue weighted by Gasteiger charge is 2.19. The van der Waals surface area contributed by atoms with Crippen molar-refractivity contribution in [3.05, 3.63) is 58.9 Å². The summed E-state index contributed by atoms with van der Waals surface area (Å²) < 4.78 is 7.44. The summed E-state index contributed by atoms with van der Waals surface area (Å²) in [6.45, 7) is 5.92. The first-order chi connectivity index (χ1) is 13.1. The predicted octanol–water partition coefficient (Wildman–Crippen LogP) is 3.01. The molecule has 6 nitrogen and oxygen atoms in total. The summed E-state index contributed by atoms with van der Waals surface area (Å²) in [7, 11) is 0. The van der Waals surface area contributed by atoms with E-state index in [2.05, 4.69) is 46.6 Å². The third-order valence-electron chi connectivity index (χ3n) is 4.95. The monoisotopic (exact) mass is 364 g/mol. The van der Waals surface area contributed by atoms with Crippen molar-refractivity contribution >= 4 is 16.9 Å². The van der Waals surface area contributed by atoms with Gasteiger partial charge in [0.05, 0.1) is 29.8 Å². The third-order valence-corrected chi connectivity index (χ3v) is 4.95. The molecule has 1 saturated heterocycles. The molecule has 1 aliphatic rings. The molecule has 1 aliphatic heterocycles. The quantitative estimate of drug-likeness (QED) is 0.756. The smallest absolute Gasteiger partial charge is 0.252 e. The van der Waals surface area contributed by atoms with Gasteiger partial charge >= 0.3 is 0 Å². The highest BCUT2D eigenvalue weighted by atomic mass is 16.5. The molecule has 0 aliphatic carbocycles. The highest BCUT2D eigenvalue weighted by Crippen LogP contribution is 2.20. The molecule has 1 atom stereocenters. The number of hydrogen-bond donors (Lipinski definition) is 1. The summed E-state index contributed by atoms with van der Waals surface area (Å²) in [6.07, 6.45) is 3.91. The topological polar surface area (TPSA) is 69.0 Å². The van der Waals surface area contributed by atoms with Crippen molar-refractivity contribution in [2.75, 3.05) is 13.2 Å². The molecule has 0 radical (unpaired) electrons. The Balaban J connectivity index is 1.59. The number of fused-ring (bicyclic) bond motifs is 1. The van der Waals surface area contributed by atoms with E-state index in [4.69, 9.17) is 4.74 Å². The van der Waals surface area contributed by atoms with E-state index >= 15 is 0 Å². The van der Waals surface area contributed by atoms with E-state index in [1.165, 1.54) is 5.56 Å². The minimum atomic E-state index is -0.101. The van der Waals surface area contributed by atoms with E-state index in [0.717, 1.165) is 41.7 Å². The number of hydrogen-bond acceptors (Lipinski definition) is 4. The number of nitrogens with one attached hydrogen (secondary N) is 1. The number of aromatic nitrogens is 3. The minimum absolute atomic E-state index is 0.101. The first kappa shape index (κ1) is 17.7. The SMILES string of the molecule is Cc1ccc(Cn2ncc3c(C(=O)NC[C@H]4CCCO4)cc(C)nc32)cc1. The van der Waals surface area contributed by atoms with Crippen molar-refractivity contribution in [2.24, 2.45) is 0 Å². The first-order valence-corrected chi connectivity index (χ1v) is 9.38. The Labute approximate surface area is 158 Å². The number of amides is 1. The Bertz CT molecular complexity index is 956. The molecule has 3 heterocycles. The van der Waals surface area contributed by atoms with Crippen LogP contribution >= 0.6 is 0 Å². The molecule has 2 aromatic heterocycles. The number of carbonyl (C=O) groups is 1. The molecule has 1 fully saturated rings. The van der Waals surface area contributed by atoms with Crippen molar-refractivity contribution in [3.8, 4) is 0 Å². The van der Waals surface area contributed by atoms with Gasteiger partial charge in [0.25, 0.3) is 5.91 Å². The normalized spacial score (nSPS) is 16.7. The highest BCUT2D eigenvalue weighted by molar-refractivity contribution is 6.05. The van der Waals surface area contributed by atoms with Crippen LogP contribution in [0, 0.1) is 13.8 Å². The molecular weight excluding hydrogens is 340 g/mol. The minimum Gasteiger partial charge on any atom is -0.376 e. The second-order valence-corrected chi connectivity index (χ2v) is 7.18. The zero-order valence-corrected chi connectivity index (χ0v) is 15.7. The van der Waals surface area contributed by atoms with E-state index in [0.29, 0.717) is 18.7 Å². The number of benzene rings is 1. The van der Waals surface area contributed by atoms with Crippen LogP contribution in [0.3, 0.4) is 0 Å². The van der Waals surface area contributed by atoms with Crippen LogP contribution in [0.1, 0.15) is 40.0 Å². The van der Waals surface area contributed by atoms with Gasteiger partial charge in [-0.3, -0.25) is 4.79 Å². The fourth-order valence-corrected chi connectivity index (χ4v) is 3.45. The van der Waals surface area contributed by atoms with Gasteiger partial charge in [-0.25, -0.2) is 9.67 Å². The maximum Gasteiger partial charge on any atom is 0.252 e. The summed E-state index contributed by atoms with van der Waals surface area (Å²) in [5.74, 6) is -0.101. The first-order valence-electron chi connectivity index (χ1n) is 9.38. The average Bonchev–Trinajstić information content (AvgIpc) is 3.31. The molecule has 1 N–H and O–H groups in total. The van der Waals surface area contributed by atoms with Crippen molar-refractivity contribution in [2.45, 2.75) is 39.3 Å². The Morgan fingerprint density at radius 3 is 2.85 bits per heavy atom. The van der Waals surface area contributed by atoms with Crippen molar-refractivity contribution in [1.82, 2.24) is 20.1 Å². The van der Waals surface area contributed by atoms with E-state index < -0.39 is 0 Å². The van der Waals surface area contributed by atoms with E-state index in [1.807, 2.05) is 17.7 Å². The molecule has 27 heavy (non-hydrogen) atoms. The second-order valence-electron chi connectivity index (χ2n) is 7.18. The summed E-state index contributed by atoms with van der Waals surface area (Å²) in [5.41, 5.74) is 4.53. The maximum absolute atomic E-state index is 12.7. The number of nitrogens with zero attached hydrogens (tertiary/aromatic N) is 3. The molecular formula is C21H24N4O2. The summed E-state index contributed by atoms with van der Waals surface area (Å²) in [4.78, 5) is 17.4. The third kappa shape index (κ3) is 3.85. The number of carbonyl (C=O) groups excluding carboxylic acids is 1. The molecule has 0 saturated carbocycles. The fraction of sp³-hybridized carbons (Fsp3) is 0.381. The van der Waals surface area contributed by atoms with Crippen molar-refractivity contribution in [3.63, 3.8) is 0 Å². The van der Waals surface area contributed by atoms with Crippen LogP contribution in [0.25, 0.3) is 11.0 Å². The summed E-state index contributed by atoms with van der Waals surface area (Å²) in [5, 5.41) is 8.26. The molecule has 3 aromatic rings. The van der Waals surface area contributed by atoms with Crippen LogP contribution in [0.15, 0.2) is 36.5 Å². The molecule has 0 unspecified atom stereocenters. The number of ether oxygens (including phenoxy) is 1. The second kappa shape index (κ2) is 7.48. The van der Waals surface area contributed by atoms with Gasteiger partial charge in [0.15, 0.2) is 5.65 Å². The van der Waals surface area contributed by atoms with Gasteiger partial charge in [-0.1, -0.05) is 29.8 Å². The molecule has 140 valence electrons. The van der Waals surface area contributed by atoms with Gasteiger partial charge in [0.1, 0.15) is 0 Å². The zero-order chi connectivity index (χ0) is 18.8. The lowest BCUT2D eigenvalue weighted by Crippen LogP contribution is -2.32. The van der Waals surface area contributed by atoms with E-state index in [1.54, 1.807) is 6.20 Å². The Morgan fingerprint density at radius 1 is 1.30 bits per heavy atom. The average molecular weight is 364 g/mol. The standard InChI is InChI=1S/C21H24N4O2/c1-14-5-7-16(8-6-14)13-25-20-19(12-23-25)18(10-15(2)24-20)21(26)22-11-17-4-3-9-27-17/h5-8,10,12,17H,3-4,9,11,13H2,1-2H3,(H,22,26)/t17-/m1/s1. The molecule has 1 aromatic carbocycles. The van der Waals surface area contributed by atoms with Gasteiger partial charge in [-0.15, -0.1) is 0 Å². The van der Waals surface area contributed by atoms with Gasteiger partial charge in [-0.05, 0) is 38.3 Å². The van der Waals surface area contributed by atoms with E-state index in [-0.39, 0.29) is 12.0 Å². The van der Waals surface area contributed by atoms with Crippen LogP contribution in [-0.2, 0) is 11.3 Å². The number of pyridine rings is 1. The summed E-state index contributed by atoms with van der Waals surface area (Å²) >= 11 is 0. The van der Waals surface area contributed by atoms with Gasteiger partial charge in [-0.2, -0.15) is 5.10 Å². The molecule has 4 rings (SSSR count). The largest absolute Gasteiger partial charge is 0.376 e. The van der Waals surface area contributed by atoms with Crippen molar-refractivity contribution < 1.29 is 9.53 Å². The van der Waals surface area contributed by atoms with Gasteiger partial charge in [0.2, 0.25) is 0 Å². The number of aryl methyl sites for hydroxylation is 2. The Kier molecular flexibility index (Phi) is 4.90. The van der Waals surface area contributed by atoms with Crippen molar-refractivity contribution in [1.29, 1.82) is 0 Å². The zero-order valence-electron chi connectivity index (χ0n) is 15.7. The van der Waals surface area contributed by atoms with Crippen LogP contribution in [-0.4, -0.2) is 39.9 Å². The van der Waals surface area contributed by atoms with Gasteiger partial charge in [0, 0.05) is 18.8 Å². The molecule has 1 amide bonds. The summed E-state index contributed by atoms with van der Waals surface area (Å²) in [6, 6.07) is 10.2. The van der Waals surface area contributed by atoms with Crippen LogP contribution < -0.4 is 5.32 Å². The lowest BCUT2D eigenvalue weighted by Gasteiger charge is -2.12. The van der Waals surface area contributed by atoms with Gasteiger partial charge < -0.3 is 10.1 Å². The molecule has 6 heteroatoms. The predicted molar refractivity (Wildman–Crippen MR) is 104 cm³/mol. The number of rotatable bonds is 5. The van der Waals surface area contributed by atoms with E-state index in [9.17, 15) is 4.79 Å². The lowest BCUT2D eigenvalue weighted by atomic mass is 10.1. The maximum atomic E-state index is 12.7. The van der Waals surface area contributed by atoms with Crippen LogP contribution in [0.4, 0.5) is 0 Å². The lowest BCUT2D eigenvalue weighted by molar-refractivity contribution is 0.0859. The fourth-order valence-electron chi connectivity index (χ4n) is 3.45. The van der Waals surface area contributed by atoms with Crippen LogP contribution in [0.2, 0.25) is 0 Å². The molecule has 0 spiro atoms. The molecule has 0 bridgehead atoms.